The molecule has 0 unspecified atom stereocenters. The SMILES string of the molecule is COc1ccc(Cn2nc(C)cc2C(=O)O)cc1C. The molecule has 0 bridgehead atoms. The number of carbonyl (C=O) groups is 1. The summed E-state index contributed by atoms with van der Waals surface area (Å²) in [4.78, 5) is 11.1. The maximum absolute atomic E-state index is 11.1. The zero-order valence-electron chi connectivity index (χ0n) is 11.2. The number of aromatic nitrogens is 2. The van der Waals surface area contributed by atoms with E-state index >= 15 is 0 Å². The van der Waals surface area contributed by atoms with Gasteiger partial charge in [0.15, 0.2) is 0 Å². The van der Waals surface area contributed by atoms with E-state index in [9.17, 15) is 4.79 Å². The van der Waals surface area contributed by atoms with Crippen molar-refractivity contribution in [3.63, 3.8) is 0 Å². The molecule has 19 heavy (non-hydrogen) atoms. The van der Waals surface area contributed by atoms with E-state index in [1.807, 2.05) is 25.1 Å². The molecule has 0 saturated heterocycles. The Balaban J connectivity index is 2.31. The van der Waals surface area contributed by atoms with Crippen molar-refractivity contribution in [1.82, 2.24) is 9.78 Å². The van der Waals surface area contributed by atoms with E-state index < -0.39 is 5.97 Å². The summed E-state index contributed by atoms with van der Waals surface area (Å²) in [7, 11) is 1.63. The molecule has 1 heterocycles. The van der Waals surface area contributed by atoms with Crippen LogP contribution < -0.4 is 4.74 Å². The fourth-order valence-electron chi connectivity index (χ4n) is 2.05. The minimum atomic E-state index is -0.967. The molecule has 0 saturated carbocycles. The Bertz CT molecular complexity index is 617. The number of ether oxygens (including phenoxy) is 1. The first kappa shape index (κ1) is 13.1. The zero-order valence-corrected chi connectivity index (χ0v) is 11.2. The van der Waals surface area contributed by atoms with Crippen molar-refractivity contribution in [1.29, 1.82) is 0 Å². The Labute approximate surface area is 111 Å². The Hall–Kier alpha value is -2.30. The molecule has 1 aromatic carbocycles. The summed E-state index contributed by atoms with van der Waals surface area (Å²) in [5, 5.41) is 13.3. The Kier molecular flexibility index (Phi) is 3.55. The molecule has 0 atom stereocenters. The first-order valence-electron chi connectivity index (χ1n) is 5.92. The van der Waals surface area contributed by atoms with Gasteiger partial charge in [-0.25, -0.2) is 4.79 Å². The summed E-state index contributed by atoms with van der Waals surface area (Å²) >= 11 is 0. The molecule has 0 fully saturated rings. The van der Waals surface area contributed by atoms with Gasteiger partial charge in [-0.1, -0.05) is 12.1 Å². The molecule has 0 aliphatic carbocycles. The molecular weight excluding hydrogens is 244 g/mol. The monoisotopic (exact) mass is 260 g/mol. The molecule has 0 spiro atoms. The van der Waals surface area contributed by atoms with Crippen molar-refractivity contribution in [3.8, 4) is 5.75 Å². The van der Waals surface area contributed by atoms with Crippen LogP contribution in [0.15, 0.2) is 24.3 Å². The Morgan fingerprint density at radius 3 is 2.68 bits per heavy atom. The second-order valence-corrected chi connectivity index (χ2v) is 4.44. The second-order valence-electron chi connectivity index (χ2n) is 4.44. The van der Waals surface area contributed by atoms with E-state index in [-0.39, 0.29) is 5.69 Å². The van der Waals surface area contributed by atoms with Gasteiger partial charge in [-0.2, -0.15) is 5.10 Å². The van der Waals surface area contributed by atoms with Crippen molar-refractivity contribution in [2.24, 2.45) is 0 Å². The predicted molar refractivity (Wildman–Crippen MR) is 70.8 cm³/mol. The normalized spacial score (nSPS) is 10.5. The maximum Gasteiger partial charge on any atom is 0.354 e. The van der Waals surface area contributed by atoms with Gasteiger partial charge in [0.25, 0.3) is 0 Å². The molecule has 0 aliphatic rings. The predicted octanol–water partition coefficient (Wildman–Crippen LogP) is 2.26. The zero-order chi connectivity index (χ0) is 14.0. The standard InChI is InChI=1S/C14H16N2O3/c1-9-6-11(4-5-13(9)19-3)8-16-12(14(17)18)7-10(2)15-16/h4-7H,8H2,1-3H3,(H,17,18). The summed E-state index contributed by atoms with van der Waals surface area (Å²) in [5.74, 6) is -0.148. The third-order valence-electron chi connectivity index (χ3n) is 2.91. The molecule has 100 valence electrons. The van der Waals surface area contributed by atoms with Gasteiger partial charge < -0.3 is 9.84 Å². The van der Waals surface area contributed by atoms with Crippen LogP contribution in [0.4, 0.5) is 0 Å². The average Bonchev–Trinajstić information content (AvgIpc) is 2.70. The third kappa shape index (κ3) is 2.76. The highest BCUT2D eigenvalue weighted by atomic mass is 16.5. The molecule has 1 N–H and O–H groups in total. The van der Waals surface area contributed by atoms with Crippen LogP contribution in [0.5, 0.6) is 5.75 Å². The van der Waals surface area contributed by atoms with Crippen molar-refractivity contribution in [3.05, 3.63) is 46.8 Å². The number of hydrogen-bond donors (Lipinski definition) is 1. The smallest absolute Gasteiger partial charge is 0.354 e. The number of nitrogens with zero attached hydrogens (tertiary/aromatic N) is 2. The van der Waals surface area contributed by atoms with Crippen LogP contribution >= 0.6 is 0 Å². The lowest BCUT2D eigenvalue weighted by Gasteiger charge is -2.08. The van der Waals surface area contributed by atoms with Gasteiger partial charge in [-0.3, -0.25) is 4.68 Å². The van der Waals surface area contributed by atoms with E-state index in [4.69, 9.17) is 9.84 Å². The maximum atomic E-state index is 11.1. The average molecular weight is 260 g/mol. The van der Waals surface area contributed by atoms with E-state index in [1.165, 1.54) is 4.68 Å². The molecule has 2 aromatic rings. The number of carboxylic acids is 1. The summed E-state index contributed by atoms with van der Waals surface area (Å²) in [5.41, 5.74) is 2.90. The van der Waals surface area contributed by atoms with Crippen LogP contribution in [0.2, 0.25) is 0 Å². The van der Waals surface area contributed by atoms with Crippen LogP contribution in [-0.4, -0.2) is 28.0 Å². The number of benzene rings is 1. The molecule has 2 rings (SSSR count). The highest BCUT2D eigenvalue weighted by Crippen LogP contribution is 2.19. The Morgan fingerprint density at radius 1 is 1.37 bits per heavy atom. The summed E-state index contributed by atoms with van der Waals surface area (Å²) in [6.07, 6.45) is 0. The van der Waals surface area contributed by atoms with Crippen molar-refractivity contribution >= 4 is 5.97 Å². The highest BCUT2D eigenvalue weighted by Gasteiger charge is 2.13. The van der Waals surface area contributed by atoms with Crippen LogP contribution in [0.25, 0.3) is 0 Å². The molecule has 0 radical (unpaired) electrons. The number of aromatic carboxylic acids is 1. The van der Waals surface area contributed by atoms with Crippen LogP contribution in [0, 0.1) is 13.8 Å². The third-order valence-corrected chi connectivity index (χ3v) is 2.91. The molecular formula is C14H16N2O3. The minimum absolute atomic E-state index is 0.200. The van der Waals surface area contributed by atoms with E-state index in [0.717, 1.165) is 16.9 Å². The quantitative estimate of drug-likeness (QED) is 0.915. The fraction of sp³-hybridized carbons (Fsp3) is 0.286. The summed E-state index contributed by atoms with van der Waals surface area (Å²) in [6.45, 7) is 4.16. The molecule has 1 aromatic heterocycles. The lowest BCUT2D eigenvalue weighted by atomic mass is 10.1. The first-order chi connectivity index (χ1) is 9.01. The van der Waals surface area contributed by atoms with Gasteiger partial charge in [-0.15, -0.1) is 0 Å². The van der Waals surface area contributed by atoms with Crippen molar-refractivity contribution in [2.75, 3.05) is 7.11 Å². The van der Waals surface area contributed by atoms with Gasteiger partial charge in [-0.05, 0) is 37.1 Å². The van der Waals surface area contributed by atoms with Gasteiger partial charge in [0.05, 0.1) is 19.3 Å². The highest BCUT2D eigenvalue weighted by molar-refractivity contribution is 5.85. The minimum Gasteiger partial charge on any atom is -0.496 e. The largest absolute Gasteiger partial charge is 0.496 e. The molecule has 0 amide bonds. The lowest BCUT2D eigenvalue weighted by Crippen LogP contribution is -2.11. The molecule has 0 aliphatic heterocycles. The van der Waals surface area contributed by atoms with Gasteiger partial charge in [0.1, 0.15) is 11.4 Å². The number of aryl methyl sites for hydroxylation is 2. The molecule has 5 heteroatoms. The van der Waals surface area contributed by atoms with Gasteiger partial charge >= 0.3 is 5.97 Å². The van der Waals surface area contributed by atoms with E-state index in [0.29, 0.717) is 12.2 Å². The second kappa shape index (κ2) is 5.14. The van der Waals surface area contributed by atoms with Crippen molar-refractivity contribution < 1.29 is 14.6 Å². The molecule has 5 nitrogen and oxygen atoms in total. The van der Waals surface area contributed by atoms with Gasteiger partial charge in [0.2, 0.25) is 0 Å². The Morgan fingerprint density at radius 2 is 2.11 bits per heavy atom. The summed E-state index contributed by atoms with van der Waals surface area (Å²) in [6, 6.07) is 7.33. The van der Waals surface area contributed by atoms with Crippen LogP contribution in [-0.2, 0) is 6.54 Å². The van der Waals surface area contributed by atoms with E-state index in [1.54, 1.807) is 20.1 Å². The van der Waals surface area contributed by atoms with Crippen LogP contribution in [0.3, 0.4) is 0 Å². The van der Waals surface area contributed by atoms with Crippen molar-refractivity contribution in [2.45, 2.75) is 20.4 Å². The summed E-state index contributed by atoms with van der Waals surface area (Å²) < 4.78 is 6.70. The van der Waals surface area contributed by atoms with Crippen LogP contribution in [0.1, 0.15) is 27.3 Å². The lowest BCUT2D eigenvalue weighted by molar-refractivity contribution is 0.0684. The number of methoxy groups -OCH3 is 1. The number of rotatable bonds is 4. The number of hydrogen-bond acceptors (Lipinski definition) is 3. The fourth-order valence-corrected chi connectivity index (χ4v) is 2.05. The first-order valence-corrected chi connectivity index (χ1v) is 5.92. The number of carboxylic acid groups (broad SMARTS) is 1. The topological polar surface area (TPSA) is 64.4 Å². The van der Waals surface area contributed by atoms with Gasteiger partial charge in [0, 0.05) is 0 Å². The van der Waals surface area contributed by atoms with E-state index in [2.05, 4.69) is 5.10 Å².